The molecule has 5 nitrogen and oxygen atoms in total. The number of amides is 2. The van der Waals surface area contributed by atoms with E-state index in [9.17, 15) is 4.79 Å². The molecular formula is C8H18N2O3. The van der Waals surface area contributed by atoms with Gasteiger partial charge in [0.15, 0.2) is 0 Å². The van der Waals surface area contributed by atoms with Crippen molar-refractivity contribution in [3.63, 3.8) is 0 Å². The molecule has 0 aromatic carbocycles. The summed E-state index contributed by atoms with van der Waals surface area (Å²) in [5.74, 6) is 0. The molecule has 0 bridgehead atoms. The summed E-state index contributed by atoms with van der Waals surface area (Å²) < 4.78 is 9.92. The van der Waals surface area contributed by atoms with Crippen molar-refractivity contribution in [2.45, 2.75) is 6.92 Å². The van der Waals surface area contributed by atoms with E-state index in [0.29, 0.717) is 32.9 Å². The van der Waals surface area contributed by atoms with Crippen LogP contribution in [-0.2, 0) is 9.47 Å². The Labute approximate surface area is 78.8 Å². The lowest BCUT2D eigenvalue weighted by Crippen LogP contribution is -2.37. The van der Waals surface area contributed by atoms with Crippen molar-refractivity contribution in [2.24, 2.45) is 0 Å². The minimum absolute atomic E-state index is 0.155. The van der Waals surface area contributed by atoms with Gasteiger partial charge in [0.25, 0.3) is 0 Å². The number of hydrogen-bond donors (Lipinski definition) is 2. The Morgan fingerprint density at radius 2 is 2.00 bits per heavy atom. The largest absolute Gasteiger partial charge is 0.382 e. The standard InChI is InChI=1S/C8H18N2O3/c1-3-9-8(11)10-4-5-13-7-6-12-2/h3-7H2,1-2H3,(H2,9,10,11). The first-order valence-corrected chi connectivity index (χ1v) is 4.39. The third-order valence-corrected chi connectivity index (χ3v) is 1.30. The Bertz CT molecular complexity index is 131. The first kappa shape index (κ1) is 12.2. The molecule has 78 valence electrons. The molecule has 0 fully saturated rings. The van der Waals surface area contributed by atoms with Crippen molar-refractivity contribution in [1.29, 1.82) is 0 Å². The van der Waals surface area contributed by atoms with Gasteiger partial charge in [-0.1, -0.05) is 0 Å². The van der Waals surface area contributed by atoms with Crippen LogP contribution in [0.25, 0.3) is 0 Å². The van der Waals surface area contributed by atoms with Crippen LogP contribution in [0.3, 0.4) is 0 Å². The van der Waals surface area contributed by atoms with Crippen molar-refractivity contribution >= 4 is 6.03 Å². The van der Waals surface area contributed by atoms with Crippen LogP contribution in [-0.4, -0.2) is 46.1 Å². The number of nitrogens with one attached hydrogen (secondary N) is 2. The van der Waals surface area contributed by atoms with E-state index >= 15 is 0 Å². The van der Waals surface area contributed by atoms with E-state index in [1.54, 1.807) is 7.11 Å². The summed E-state index contributed by atoms with van der Waals surface area (Å²) in [4.78, 5) is 10.8. The summed E-state index contributed by atoms with van der Waals surface area (Å²) >= 11 is 0. The zero-order valence-corrected chi connectivity index (χ0v) is 8.26. The van der Waals surface area contributed by atoms with Crippen molar-refractivity contribution in [2.75, 3.05) is 40.0 Å². The average Bonchev–Trinajstić information content (AvgIpc) is 2.11. The van der Waals surface area contributed by atoms with Crippen LogP contribution in [0.15, 0.2) is 0 Å². The topological polar surface area (TPSA) is 59.6 Å². The minimum atomic E-state index is -0.155. The molecule has 0 aromatic heterocycles. The van der Waals surface area contributed by atoms with Crippen LogP contribution in [0.4, 0.5) is 4.79 Å². The zero-order chi connectivity index (χ0) is 9.94. The molecule has 13 heavy (non-hydrogen) atoms. The van der Waals surface area contributed by atoms with E-state index in [1.165, 1.54) is 0 Å². The van der Waals surface area contributed by atoms with Gasteiger partial charge in [-0.15, -0.1) is 0 Å². The maximum absolute atomic E-state index is 10.8. The second-order valence-corrected chi connectivity index (χ2v) is 2.39. The first-order valence-electron chi connectivity index (χ1n) is 4.39. The van der Waals surface area contributed by atoms with E-state index in [-0.39, 0.29) is 6.03 Å². The third-order valence-electron chi connectivity index (χ3n) is 1.30. The van der Waals surface area contributed by atoms with E-state index in [2.05, 4.69) is 10.6 Å². The predicted molar refractivity (Wildman–Crippen MR) is 49.8 cm³/mol. The zero-order valence-electron chi connectivity index (χ0n) is 8.26. The monoisotopic (exact) mass is 190 g/mol. The Morgan fingerprint density at radius 3 is 2.62 bits per heavy atom. The van der Waals surface area contributed by atoms with Crippen LogP contribution < -0.4 is 10.6 Å². The lowest BCUT2D eigenvalue weighted by atomic mass is 10.6. The molecule has 2 N–H and O–H groups in total. The minimum Gasteiger partial charge on any atom is -0.382 e. The van der Waals surface area contributed by atoms with E-state index in [4.69, 9.17) is 9.47 Å². The van der Waals surface area contributed by atoms with Crippen LogP contribution >= 0.6 is 0 Å². The van der Waals surface area contributed by atoms with Crippen molar-refractivity contribution in [3.05, 3.63) is 0 Å². The fourth-order valence-corrected chi connectivity index (χ4v) is 0.704. The van der Waals surface area contributed by atoms with Crippen LogP contribution in [0.5, 0.6) is 0 Å². The highest BCUT2D eigenvalue weighted by atomic mass is 16.5. The van der Waals surface area contributed by atoms with Gasteiger partial charge >= 0.3 is 6.03 Å². The van der Waals surface area contributed by atoms with Gasteiger partial charge in [-0.05, 0) is 6.92 Å². The van der Waals surface area contributed by atoms with Gasteiger partial charge in [0.2, 0.25) is 0 Å². The molecule has 0 aliphatic heterocycles. The lowest BCUT2D eigenvalue weighted by molar-refractivity contribution is 0.0727. The fourth-order valence-electron chi connectivity index (χ4n) is 0.704. The maximum atomic E-state index is 10.8. The number of hydrogen-bond acceptors (Lipinski definition) is 3. The molecule has 0 saturated heterocycles. The smallest absolute Gasteiger partial charge is 0.314 e. The molecule has 0 rings (SSSR count). The summed E-state index contributed by atoms with van der Waals surface area (Å²) in [7, 11) is 1.62. The molecule has 0 atom stereocenters. The average molecular weight is 190 g/mol. The Hall–Kier alpha value is -0.810. The van der Waals surface area contributed by atoms with Gasteiger partial charge in [0, 0.05) is 20.2 Å². The summed E-state index contributed by atoms with van der Waals surface area (Å²) in [5, 5.41) is 5.26. The molecule has 0 spiro atoms. The first-order chi connectivity index (χ1) is 6.31. The maximum Gasteiger partial charge on any atom is 0.314 e. The third kappa shape index (κ3) is 9.10. The number of urea groups is 1. The quantitative estimate of drug-likeness (QED) is 0.554. The number of ether oxygens (including phenoxy) is 2. The number of carbonyl (C=O) groups is 1. The normalized spacial score (nSPS) is 9.69. The highest BCUT2D eigenvalue weighted by Gasteiger charge is 1.95. The molecule has 0 unspecified atom stereocenters. The Morgan fingerprint density at radius 1 is 1.23 bits per heavy atom. The van der Waals surface area contributed by atoms with Gasteiger partial charge in [-0.2, -0.15) is 0 Å². The highest BCUT2D eigenvalue weighted by molar-refractivity contribution is 5.73. The molecule has 0 aliphatic rings. The summed E-state index contributed by atoms with van der Waals surface area (Å²) in [6.07, 6.45) is 0. The van der Waals surface area contributed by atoms with Gasteiger partial charge in [-0.25, -0.2) is 4.79 Å². The number of rotatable bonds is 7. The summed E-state index contributed by atoms with van der Waals surface area (Å²) in [6.45, 7) is 4.69. The van der Waals surface area contributed by atoms with E-state index < -0.39 is 0 Å². The molecular weight excluding hydrogens is 172 g/mol. The van der Waals surface area contributed by atoms with Crippen molar-refractivity contribution < 1.29 is 14.3 Å². The fraction of sp³-hybridized carbons (Fsp3) is 0.875. The molecule has 5 heteroatoms. The highest BCUT2D eigenvalue weighted by Crippen LogP contribution is 1.74. The van der Waals surface area contributed by atoms with Gasteiger partial charge < -0.3 is 20.1 Å². The SMILES string of the molecule is CCNC(=O)NCCOCCOC. The van der Waals surface area contributed by atoms with E-state index in [0.717, 1.165) is 0 Å². The second-order valence-electron chi connectivity index (χ2n) is 2.39. The number of methoxy groups -OCH3 is 1. The molecule has 0 heterocycles. The van der Waals surface area contributed by atoms with Crippen molar-refractivity contribution in [1.82, 2.24) is 10.6 Å². The predicted octanol–water partition coefficient (Wildman–Crippen LogP) is -0.0315. The lowest BCUT2D eigenvalue weighted by Gasteiger charge is -2.06. The summed E-state index contributed by atoms with van der Waals surface area (Å²) in [6, 6.07) is -0.155. The van der Waals surface area contributed by atoms with Crippen molar-refractivity contribution in [3.8, 4) is 0 Å². The second kappa shape index (κ2) is 9.28. The molecule has 2 amide bonds. The number of carbonyl (C=O) groups excluding carboxylic acids is 1. The van der Waals surface area contributed by atoms with Gasteiger partial charge in [0.05, 0.1) is 19.8 Å². The Kier molecular flexibility index (Phi) is 8.70. The Balaban J connectivity index is 3.02. The van der Waals surface area contributed by atoms with Gasteiger partial charge in [0.1, 0.15) is 0 Å². The summed E-state index contributed by atoms with van der Waals surface area (Å²) in [5.41, 5.74) is 0. The van der Waals surface area contributed by atoms with Crippen LogP contribution in [0.1, 0.15) is 6.92 Å². The van der Waals surface area contributed by atoms with E-state index in [1.807, 2.05) is 6.92 Å². The van der Waals surface area contributed by atoms with Gasteiger partial charge in [-0.3, -0.25) is 0 Å². The van der Waals surface area contributed by atoms with Crippen LogP contribution in [0, 0.1) is 0 Å². The molecule has 0 aromatic rings. The molecule has 0 aliphatic carbocycles. The van der Waals surface area contributed by atoms with Crippen LogP contribution in [0.2, 0.25) is 0 Å². The molecule has 0 saturated carbocycles. The molecule has 0 radical (unpaired) electrons.